The van der Waals surface area contributed by atoms with Gasteiger partial charge >= 0.3 is 0 Å². The second-order valence-electron chi connectivity index (χ2n) is 6.42. The molecule has 2 fully saturated rings. The van der Waals surface area contributed by atoms with Crippen molar-refractivity contribution < 1.29 is 14.4 Å². The van der Waals surface area contributed by atoms with Crippen LogP contribution in [0.3, 0.4) is 0 Å². The van der Waals surface area contributed by atoms with E-state index in [1.807, 2.05) is 0 Å². The number of oxime groups is 1. The Hall–Kier alpha value is -1.99. The molecule has 0 aliphatic carbocycles. The van der Waals surface area contributed by atoms with Crippen LogP contribution in [0.2, 0.25) is 0 Å². The second-order valence-corrected chi connectivity index (χ2v) is 6.42. The largest absolute Gasteiger partial charge is 0.387 e. The molecule has 1 amide bonds. The molecule has 0 bridgehead atoms. The van der Waals surface area contributed by atoms with Crippen molar-refractivity contribution in [2.75, 3.05) is 31.6 Å². The smallest absolute Gasteiger partial charge is 0.273 e. The lowest BCUT2D eigenvalue weighted by Crippen LogP contribution is -2.39. The SMILES string of the molecule is O=C(Nc1cccnc1)C1=NOC2(CCN(C3CCOC3)C2)C1. The molecule has 3 aliphatic rings. The molecule has 4 rings (SSSR count). The van der Waals surface area contributed by atoms with E-state index < -0.39 is 0 Å². The third-order valence-electron chi connectivity index (χ3n) is 4.79. The number of amides is 1. The number of hydrogen-bond acceptors (Lipinski definition) is 6. The summed E-state index contributed by atoms with van der Waals surface area (Å²) in [5.74, 6) is -0.211. The first-order valence-electron chi connectivity index (χ1n) is 8.02. The molecule has 122 valence electrons. The van der Waals surface area contributed by atoms with Gasteiger partial charge in [-0.15, -0.1) is 0 Å². The number of carbonyl (C=O) groups is 1. The molecule has 7 heteroatoms. The summed E-state index contributed by atoms with van der Waals surface area (Å²) in [5.41, 5.74) is 0.778. The number of pyridine rings is 1. The summed E-state index contributed by atoms with van der Waals surface area (Å²) < 4.78 is 5.47. The molecule has 0 aromatic carbocycles. The minimum Gasteiger partial charge on any atom is -0.387 e. The highest BCUT2D eigenvalue weighted by atomic mass is 16.7. The number of rotatable bonds is 3. The predicted molar refractivity (Wildman–Crippen MR) is 84.1 cm³/mol. The summed E-state index contributed by atoms with van der Waals surface area (Å²) in [6.07, 6.45) is 5.81. The van der Waals surface area contributed by atoms with E-state index >= 15 is 0 Å². The zero-order valence-corrected chi connectivity index (χ0v) is 12.9. The third kappa shape index (κ3) is 2.94. The quantitative estimate of drug-likeness (QED) is 0.901. The lowest BCUT2D eigenvalue weighted by atomic mass is 9.96. The zero-order valence-electron chi connectivity index (χ0n) is 12.9. The van der Waals surface area contributed by atoms with E-state index in [0.29, 0.717) is 23.9 Å². The van der Waals surface area contributed by atoms with E-state index in [1.165, 1.54) is 0 Å². The Morgan fingerprint density at radius 2 is 2.43 bits per heavy atom. The molecule has 1 aromatic heterocycles. The topological polar surface area (TPSA) is 76.0 Å². The molecular weight excluding hydrogens is 296 g/mol. The number of hydrogen-bond donors (Lipinski definition) is 1. The van der Waals surface area contributed by atoms with Crippen molar-refractivity contribution in [1.82, 2.24) is 9.88 Å². The maximum Gasteiger partial charge on any atom is 0.273 e. The molecule has 0 radical (unpaired) electrons. The number of likely N-dealkylation sites (tertiary alicyclic amines) is 1. The van der Waals surface area contributed by atoms with Crippen LogP contribution in [0.1, 0.15) is 19.3 Å². The van der Waals surface area contributed by atoms with Gasteiger partial charge in [-0.25, -0.2) is 0 Å². The van der Waals surface area contributed by atoms with Crippen molar-refractivity contribution in [3.05, 3.63) is 24.5 Å². The van der Waals surface area contributed by atoms with Gasteiger partial charge in [0.15, 0.2) is 5.60 Å². The van der Waals surface area contributed by atoms with Crippen LogP contribution in [-0.2, 0) is 14.4 Å². The van der Waals surface area contributed by atoms with Crippen LogP contribution in [0.5, 0.6) is 0 Å². The Balaban J connectivity index is 1.36. The van der Waals surface area contributed by atoms with Crippen LogP contribution in [0.25, 0.3) is 0 Å². The van der Waals surface area contributed by atoms with E-state index in [-0.39, 0.29) is 11.5 Å². The van der Waals surface area contributed by atoms with Crippen molar-refractivity contribution in [2.24, 2.45) is 5.16 Å². The molecule has 1 aromatic rings. The number of aromatic nitrogens is 1. The van der Waals surface area contributed by atoms with Crippen LogP contribution in [-0.4, -0.2) is 59.4 Å². The monoisotopic (exact) mass is 316 g/mol. The third-order valence-corrected chi connectivity index (χ3v) is 4.79. The van der Waals surface area contributed by atoms with Gasteiger partial charge in [0.1, 0.15) is 5.71 Å². The Labute approximate surface area is 134 Å². The van der Waals surface area contributed by atoms with Crippen LogP contribution < -0.4 is 5.32 Å². The summed E-state index contributed by atoms with van der Waals surface area (Å²) in [4.78, 5) is 24.4. The van der Waals surface area contributed by atoms with Crippen molar-refractivity contribution in [3.8, 4) is 0 Å². The predicted octanol–water partition coefficient (Wildman–Crippen LogP) is 1.03. The summed E-state index contributed by atoms with van der Waals surface area (Å²) in [7, 11) is 0. The van der Waals surface area contributed by atoms with Crippen LogP contribution in [0, 0.1) is 0 Å². The number of anilines is 1. The second kappa shape index (κ2) is 5.90. The van der Waals surface area contributed by atoms with Crippen molar-refractivity contribution in [2.45, 2.75) is 30.9 Å². The number of nitrogens with one attached hydrogen (secondary N) is 1. The van der Waals surface area contributed by atoms with Crippen molar-refractivity contribution in [3.63, 3.8) is 0 Å². The number of carbonyl (C=O) groups excluding carboxylic acids is 1. The summed E-state index contributed by atoms with van der Waals surface area (Å²) in [6, 6.07) is 4.06. The fourth-order valence-corrected chi connectivity index (χ4v) is 3.50. The first-order chi connectivity index (χ1) is 11.2. The maximum atomic E-state index is 12.3. The highest BCUT2D eigenvalue weighted by Gasteiger charge is 2.48. The highest BCUT2D eigenvalue weighted by molar-refractivity contribution is 6.43. The normalized spacial score (nSPS) is 30.4. The van der Waals surface area contributed by atoms with Gasteiger partial charge in [-0.05, 0) is 18.6 Å². The molecule has 7 nitrogen and oxygen atoms in total. The van der Waals surface area contributed by atoms with Gasteiger partial charge in [0.2, 0.25) is 0 Å². The summed E-state index contributed by atoms with van der Waals surface area (Å²) in [5, 5.41) is 6.87. The van der Waals surface area contributed by atoms with Crippen molar-refractivity contribution >= 4 is 17.3 Å². The zero-order chi connectivity index (χ0) is 15.7. The first kappa shape index (κ1) is 14.6. The minimum absolute atomic E-state index is 0.211. The lowest BCUT2D eigenvalue weighted by molar-refractivity contribution is -0.110. The van der Waals surface area contributed by atoms with Gasteiger partial charge < -0.3 is 14.9 Å². The molecule has 2 saturated heterocycles. The summed E-state index contributed by atoms with van der Waals surface area (Å²) in [6.45, 7) is 3.42. The van der Waals surface area contributed by atoms with E-state index in [2.05, 4.69) is 20.4 Å². The number of ether oxygens (including phenoxy) is 1. The van der Waals surface area contributed by atoms with Gasteiger partial charge in [0, 0.05) is 44.8 Å². The van der Waals surface area contributed by atoms with Gasteiger partial charge in [-0.3, -0.25) is 14.7 Å². The fourth-order valence-electron chi connectivity index (χ4n) is 3.50. The Morgan fingerprint density at radius 3 is 3.22 bits per heavy atom. The van der Waals surface area contributed by atoms with E-state index in [4.69, 9.17) is 9.57 Å². The van der Waals surface area contributed by atoms with Crippen molar-refractivity contribution in [1.29, 1.82) is 0 Å². The molecule has 0 saturated carbocycles. The van der Waals surface area contributed by atoms with Crippen LogP contribution >= 0.6 is 0 Å². The molecule has 2 unspecified atom stereocenters. The Kier molecular flexibility index (Phi) is 3.74. The van der Waals surface area contributed by atoms with E-state index in [9.17, 15) is 4.79 Å². The molecule has 1 N–H and O–H groups in total. The molecule has 23 heavy (non-hydrogen) atoms. The molecular formula is C16H20N4O3. The summed E-state index contributed by atoms with van der Waals surface area (Å²) >= 11 is 0. The van der Waals surface area contributed by atoms with Gasteiger partial charge in [0.25, 0.3) is 5.91 Å². The van der Waals surface area contributed by atoms with Crippen LogP contribution in [0.15, 0.2) is 29.7 Å². The standard InChI is InChI=1S/C16H20N4O3/c21-15(18-12-2-1-5-17-9-12)14-8-16(23-19-14)4-6-20(11-16)13-3-7-22-10-13/h1-2,5,9,13H,3-4,6-8,10-11H2,(H,18,21). The maximum absolute atomic E-state index is 12.3. The Morgan fingerprint density at radius 1 is 1.48 bits per heavy atom. The van der Waals surface area contributed by atoms with E-state index in [1.54, 1.807) is 24.5 Å². The molecule has 3 aliphatic heterocycles. The van der Waals surface area contributed by atoms with Gasteiger partial charge in [-0.1, -0.05) is 5.16 Å². The van der Waals surface area contributed by atoms with Gasteiger partial charge in [0.05, 0.1) is 18.5 Å². The lowest BCUT2D eigenvalue weighted by Gasteiger charge is -2.25. The minimum atomic E-state index is -0.343. The fraction of sp³-hybridized carbons (Fsp3) is 0.562. The average molecular weight is 316 g/mol. The molecule has 4 heterocycles. The number of nitrogens with zero attached hydrogens (tertiary/aromatic N) is 3. The Bertz CT molecular complexity index is 615. The average Bonchev–Trinajstić information content (AvgIpc) is 3.30. The molecule has 1 spiro atoms. The van der Waals surface area contributed by atoms with Gasteiger partial charge in [-0.2, -0.15) is 0 Å². The highest BCUT2D eigenvalue weighted by Crippen LogP contribution is 2.35. The molecule has 2 atom stereocenters. The first-order valence-corrected chi connectivity index (χ1v) is 8.02. The van der Waals surface area contributed by atoms with Crippen LogP contribution in [0.4, 0.5) is 5.69 Å². The van der Waals surface area contributed by atoms with E-state index in [0.717, 1.165) is 39.1 Å².